The van der Waals surface area contributed by atoms with E-state index in [1.165, 1.54) is 0 Å². The Morgan fingerprint density at radius 3 is 2.82 bits per heavy atom. The van der Waals surface area contributed by atoms with E-state index >= 15 is 0 Å². The molecule has 1 aliphatic rings. The molecule has 0 spiro atoms. The maximum atomic E-state index is 12.6. The predicted octanol–water partition coefficient (Wildman–Crippen LogP) is 2.37. The van der Waals surface area contributed by atoms with Crippen LogP contribution in [0.25, 0.3) is 5.69 Å². The van der Waals surface area contributed by atoms with E-state index in [1.54, 1.807) is 7.11 Å². The summed E-state index contributed by atoms with van der Waals surface area (Å²) in [6, 6.07) is 7.82. The first-order valence-corrected chi connectivity index (χ1v) is 11.3. The maximum Gasteiger partial charge on any atom is 0.359 e. The summed E-state index contributed by atoms with van der Waals surface area (Å²) in [5, 5.41) is 9.18. The van der Waals surface area contributed by atoms with Gasteiger partial charge in [-0.15, -0.1) is 0 Å². The van der Waals surface area contributed by atoms with Crippen molar-refractivity contribution >= 4 is 5.97 Å². The third-order valence-electron chi connectivity index (χ3n) is 5.82. The van der Waals surface area contributed by atoms with Crippen molar-refractivity contribution < 1.29 is 14.3 Å². The molecule has 176 valence electrons. The first kappa shape index (κ1) is 23.0. The molecule has 0 amide bonds. The number of ether oxygens (including phenoxy) is 2. The highest BCUT2D eigenvalue weighted by Gasteiger charge is 2.29. The van der Waals surface area contributed by atoms with Gasteiger partial charge in [-0.2, -0.15) is 10.2 Å². The molecule has 0 atom stereocenters. The second-order valence-electron chi connectivity index (χ2n) is 8.45. The van der Waals surface area contributed by atoms with E-state index in [4.69, 9.17) is 9.47 Å². The molecular weight excluding hydrogens is 420 g/mol. The van der Waals surface area contributed by atoms with Gasteiger partial charge < -0.3 is 14.4 Å². The summed E-state index contributed by atoms with van der Waals surface area (Å²) in [5.74, 6) is 0.433. The van der Waals surface area contributed by atoms with Gasteiger partial charge in [0.05, 0.1) is 26.5 Å². The summed E-state index contributed by atoms with van der Waals surface area (Å²) in [6.45, 7) is 6.06. The topological polar surface area (TPSA) is 77.7 Å². The molecule has 33 heavy (non-hydrogen) atoms. The van der Waals surface area contributed by atoms with Crippen molar-refractivity contribution in [2.75, 3.05) is 40.9 Å². The van der Waals surface area contributed by atoms with Crippen molar-refractivity contribution in [2.45, 2.75) is 33.0 Å². The van der Waals surface area contributed by atoms with Gasteiger partial charge in [-0.05, 0) is 33.2 Å². The predicted molar refractivity (Wildman–Crippen MR) is 125 cm³/mol. The lowest BCUT2D eigenvalue weighted by Crippen LogP contribution is -2.31. The average molecular weight is 453 g/mol. The summed E-state index contributed by atoms with van der Waals surface area (Å²) >= 11 is 0. The summed E-state index contributed by atoms with van der Waals surface area (Å²) in [5.41, 5.74) is 4.57. The number of hydrogen-bond donors (Lipinski definition) is 0. The zero-order valence-electron chi connectivity index (χ0n) is 19.8. The molecule has 0 radical (unpaired) electrons. The van der Waals surface area contributed by atoms with Crippen LogP contribution in [0.15, 0.2) is 36.7 Å². The van der Waals surface area contributed by atoms with Crippen LogP contribution in [0.4, 0.5) is 0 Å². The Hall–Kier alpha value is -3.17. The van der Waals surface area contributed by atoms with Crippen LogP contribution < -0.4 is 4.74 Å². The molecule has 3 heterocycles. The van der Waals surface area contributed by atoms with E-state index in [0.29, 0.717) is 18.8 Å². The van der Waals surface area contributed by atoms with E-state index in [2.05, 4.69) is 20.0 Å². The van der Waals surface area contributed by atoms with Gasteiger partial charge in [0.2, 0.25) is 0 Å². The highest BCUT2D eigenvalue weighted by molar-refractivity contribution is 5.89. The minimum Gasteiger partial charge on any atom is -0.494 e. The fraction of sp³-hybridized carbons (Fsp3) is 0.458. The number of rotatable bonds is 9. The lowest BCUT2D eigenvalue weighted by atomic mass is 10.0. The molecule has 3 aromatic rings. The number of carbonyl (C=O) groups is 1. The van der Waals surface area contributed by atoms with Crippen LogP contribution in [0.3, 0.4) is 0 Å². The van der Waals surface area contributed by atoms with E-state index < -0.39 is 0 Å². The number of para-hydroxylation sites is 2. The van der Waals surface area contributed by atoms with Crippen molar-refractivity contribution in [3.8, 4) is 11.4 Å². The first-order valence-electron chi connectivity index (χ1n) is 11.3. The second kappa shape index (κ2) is 10.2. The Labute approximate surface area is 194 Å². The van der Waals surface area contributed by atoms with E-state index in [-0.39, 0.29) is 5.97 Å². The molecular formula is C24H32N6O3. The number of aromatic nitrogens is 4. The van der Waals surface area contributed by atoms with Crippen LogP contribution >= 0.6 is 0 Å². The largest absolute Gasteiger partial charge is 0.494 e. The highest BCUT2D eigenvalue weighted by atomic mass is 16.5. The minimum atomic E-state index is -0.344. The Balaban J connectivity index is 1.53. The van der Waals surface area contributed by atoms with E-state index in [9.17, 15) is 4.79 Å². The molecule has 9 heteroatoms. The van der Waals surface area contributed by atoms with Crippen LogP contribution in [-0.4, -0.2) is 76.2 Å². The van der Waals surface area contributed by atoms with Crippen molar-refractivity contribution in [3.05, 3.63) is 59.2 Å². The number of carbonyl (C=O) groups excluding carboxylic acids is 1. The number of fused-ring (bicyclic) bond motifs is 1. The summed E-state index contributed by atoms with van der Waals surface area (Å²) in [6.07, 6.45) is 4.75. The summed E-state index contributed by atoms with van der Waals surface area (Å²) < 4.78 is 14.6. The van der Waals surface area contributed by atoms with Gasteiger partial charge in [0.25, 0.3) is 0 Å². The molecule has 0 N–H and O–H groups in total. The summed E-state index contributed by atoms with van der Waals surface area (Å²) in [4.78, 5) is 17.0. The molecule has 0 fully saturated rings. The van der Waals surface area contributed by atoms with Gasteiger partial charge in [-0.3, -0.25) is 9.58 Å². The monoisotopic (exact) mass is 452 g/mol. The molecule has 0 saturated carbocycles. The second-order valence-corrected chi connectivity index (χ2v) is 8.45. The van der Waals surface area contributed by atoms with Crippen LogP contribution in [0, 0.1) is 0 Å². The Morgan fingerprint density at radius 1 is 1.24 bits per heavy atom. The third kappa shape index (κ3) is 5.09. The molecule has 1 aliphatic heterocycles. The molecule has 0 unspecified atom stereocenters. The van der Waals surface area contributed by atoms with Crippen LogP contribution in [0.1, 0.15) is 34.2 Å². The smallest absolute Gasteiger partial charge is 0.359 e. The molecule has 2 aromatic heterocycles. The maximum absolute atomic E-state index is 12.6. The zero-order chi connectivity index (χ0) is 23.4. The number of esters is 1. The van der Waals surface area contributed by atoms with Crippen LogP contribution in [0.5, 0.6) is 5.75 Å². The highest BCUT2D eigenvalue weighted by Crippen LogP contribution is 2.26. The Bertz CT molecular complexity index is 1100. The SMILES string of the molecule is CCOC(=O)c1nn(CCN(C)C)c2c1CN(Cc1cnn(-c3ccccc3OC)c1)CC2. The van der Waals surface area contributed by atoms with Crippen molar-refractivity contribution in [3.63, 3.8) is 0 Å². The molecule has 9 nitrogen and oxygen atoms in total. The van der Waals surface area contributed by atoms with Gasteiger partial charge in [0, 0.05) is 55.6 Å². The van der Waals surface area contributed by atoms with Crippen molar-refractivity contribution in [2.24, 2.45) is 0 Å². The number of methoxy groups -OCH3 is 1. The fourth-order valence-corrected chi connectivity index (χ4v) is 4.18. The average Bonchev–Trinajstić information content (AvgIpc) is 3.42. The Kier molecular flexibility index (Phi) is 7.10. The molecule has 0 saturated heterocycles. The van der Waals surface area contributed by atoms with E-state index in [1.807, 2.05) is 67.0 Å². The zero-order valence-corrected chi connectivity index (χ0v) is 19.8. The van der Waals surface area contributed by atoms with Gasteiger partial charge in [-0.25, -0.2) is 9.48 Å². The first-order chi connectivity index (χ1) is 16.0. The number of hydrogen-bond acceptors (Lipinski definition) is 7. The summed E-state index contributed by atoms with van der Waals surface area (Å²) in [7, 11) is 5.73. The minimum absolute atomic E-state index is 0.337. The van der Waals surface area contributed by atoms with Gasteiger partial charge >= 0.3 is 5.97 Å². The molecule has 0 aliphatic carbocycles. The third-order valence-corrected chi connectivity index (χ3v) is 5.82. The quantitative estimate of drug-likeness (QED) is 0.461. The van der Waals surface area contributed by atoms with Crippen molar-refractivity contribution in [1.29, 1.82) is 0 Å². The van der Waals surface area contributed by atoms with Crippen LogP contribution in [0.2, 0.25) is 0 Å². The molecule has 4 rings (SSSR count). The molecule has 1 aromatic carbocycles. The van der Waals surface area contributed by atoms with Gasteiger partial charge in [-0.1, -0.05) is 12.1 Å². The lowest BCUT2D eigenvalue weighted by molar-refractivity contribution is 0.0515. The number of likely N-dealkylation sites (N-methyl/N-ethyl adjacent to an activating group) is 1. The number of nitrogens with zero attached hydrogens (tertiary/aromatic N) is 6. The molecule has 0 bridgehead atoms. The Morgan fingerprint density at radius 2 is 2.06 bits per heavy atom. The standard InChI is InChI=1S/C24H32N6O3/c1-5-33-24(31)23-19-17-28(11-10-20(19)29(26-23)13-12-27(2)3)15-18-14-25-30(16-18)21-8-6-7-9-22(21)32-4/h6-9,14,16H,5,10-13,15,17H2,1-4H3. The lowest BCUT2D eigenvalue weighted by Gasteiger charge is -2.27. The number of benzene rings is 1. The van der Waals surface area contributed by atoms with Crippen molar-refractivity contribution in [1.82, 2.24) is 29.4 Å². The fourth-order valence-electron chi connectivity index (χ4n) is 4.18. The van der Waals surface area contributed by atoms with Gasteiger partial charge in [0.1, 0.15) is 11.4 Å². The van der Waals surface area contributed by atoms with Gasteiger partial charge in [0.15, 0.2) is 5.69 Å². The van der Waals surface area contributed by atoms with Crippen LogP contribution in [-0.2, 0) is 30.8 Å². The normalized spacial score (nSPS) is 13.8. The van der Waals surface area contributed by atoms with E-state index in [0.717, 1.165) is 60.9 Å².